The molecule has 0 heterocycles. The molecule has 0 fully saturated rings. The van der Waals surface area contributed by atoms with Crippen molar-refractivity contribution in [1.82, 2.24) is 0 Å². The molecule has 0 aromatic heterocycles. The number of hydrogen-bond acceptors (Lipinski definition) is 4. The number of nitrogens with two attached hydrogens (primary N) is 1. The van der Waals surface area contributed by atoms with E-state index in [1.54, 1.807) is 18.2 Å². The van der Waals surface area contributed by atoms with Crippen molar-refractivity contribution in [3.63, 3.8) is 0 Å². The molecule has 80 valence electrons. The van der Waals surface area contributed by atoms with Crippen molar-refractivity contribution in [2.24, 2.45) is 5.73 Å². The van der Waals surface area contributed by atoms with Crippen LogP contribution in [0, 0.1) is 0 Å². The van der Waals surface area contributed by atoms with Gasteiger partial charge < -0.3 is 15.6 Å². The zero-order valence-electron chi connectivity index (χ0n) is 7.92. The third-order valence-electron chi connectivity index (χ3n) is 1.74. The third-order valence-corrected chi connectivity index (χ3v) is 1.74. The molecule has 0 radical (unpaired) electrons. The van der Waals surface area contributed by atoms with Crippen LogP contribution in [0.3, 0.4) is 0 Å². The second-order valence-corrected chi connectivity index (χ2v) is 2.95. The molecule has 1 rings (SSSR count). The van der Waals surface area contributed by atoms with Crippen molar-refractivity contribution in [1.29, 1.82) is 0 Å². The van der Waals surface area contributed by atoms with E-state index in [-0.39, 0.29) is 6.61 Å². The van der Waals surface area contributed by atoms with Crippen LogP contribution in [0.4, 0.5) is 0 Å². The lowest BCUT2D eigenvalue weighted by Gasteiger charge is -2.09. The first-order valence-corrected chi connectivity index (χ1v) is 4.30. The van der Waals surface area contributed by atoms with Crippen molar-refractivity contribution in [3.8, 4) is 5.75 Å². The van der Waals surface area contributed by atoms with Gasteiger partial charge >= 0.3 is 5.97 Å². The highest BCUT2D eigenvalue weighted by Gasteiger charge is 2.11. The summed E-state index contributed by atoms with van der Waals surface area (Å²) in [4.78, 5) is 20.8. The Hall–Kier alpha value is -1.88. The molecule has 0 aliphatic heterocycles. The van der Waals surface area contributed by atoms with Gasteiger partial charge in [0.05, 0.1) is 0 Å². The van der Waals surface area contributed by atoms with Crippen LogP contribution in [0.15, 0.2) is 24.3 Å². The van der Waals surface area contributed by atoms with E-state index < -0.39 is 12.0 Å². The molecule has 0 aliphatic carbocycles. The summed E-state index contributed by atoms with van der Waals surface area (Å²) in [5.41, 5.74) is 5.71. The molecule has 1 aromatic rings. The van der Waals surface area contributed by atoms with Gasteiger partial charge in [-0.15, -0.1) is 0 Å². The number of aliphatic carboxylic acids is 1. The van der Waals surface area contributed by atoms with Crippen molar-refractivity contribution < 1.29 is 19.4 Å². The zero-order chi connectivity index (χ0) is 11.3. The summed E-state index contributed by atoms with van der Waals surface area (Å²) in [6.45, 7) is -0.127. The minimum absolute atomic E-state index is 0.127. The van der Waals surface area contributed by atoms with Gasteiger partial charge in [0.25, 0.3) is 0 Å². The van der Waals surface area contributed by atoms with Crippen LogP contribution >= 0.6 is 0 Å². The minimum atomic E-state index is -1.12. The maximum atomic E-state index is 10.4. The Morgan fingerprint density at radius 3 is 2.93 bits per heavy atom. The molecule has 1 atom stereocenters. The minimum Gasteiger partial charge on any atom is -0.491 e. The summed E-state index contributed by atoms with van der Waals surface area (Å²) >= 11 is 0. The SMILES string of the molecule is NC(COc1cccc(C=O)c1)C(=O)O. The second kappa shape index (κ2) is 5.11. The van der Waals surface area contributed by atoms with Gasteiger partial charge in [-0.1, -0.05) is 12.1 Å². The van der Waals surface area contributed by atoms with E-state index in [1.165, 1.54) is 6.07 Å². The highest BCUT2D eigenvalue weighted by Crippen LogP contribution is 2.11. The predicted molar refractivity (Wildman–Crippen MR) is 52.9 cm³/mol. The van der Waals surface area contributed by atoms with Crippen LogP contribution in [-0.4, -0.2) is 30.0 Å². The van der Waals surface area contributed by atoms with E-state index in [4.69, 9.17) is 15.6 Å². The lowest BCUT2D eigenvalue weighted by molar-refractivity contribution is -0.139. The maximum absolute atomic E-state index is 10.4. The Morgan fingerprint density at radius 1 is 1.60 bits per heavy atom. The van der Waals surface area contributed by atoms with E-state index >= 15 is 0 Å². The first-order valence-electron chi connectivity index (χ1n) is 4.30. The molecular weight excluding hydrogens is 198 g/mol. The molecule has 0 saturated heterocycles. The number of carboxylic acids is 1. The van der Waals surface area contributed by atoms with E-state index in [2.05, 4.69) is 0 Å². The number of carbonyl (C=O) groups excluding carboxylic acids is 1. The Labute approximate surface area is 86.5 Å². The van der Waals surface area contributed by atoms with Gasteiger partial charge in [0.15, 0.2) is 0 Å². The van der Waals surface area contributed by atoms with Crippen molar-refractivity contribution >= 4 is 12.3 Å². The van der Waals surface area contributed by atoms with E-state index in [1.807, 2.05) is 0 Å². The van der Waals surface area contributed by atoms with Crippen molar-refractivity contribution in [2.75, 3.05) is 6.61 Å². The van der Waals surface area contributed by atoms with Crippen molar-refractivity contribution in [2.45, 2.75) is 6.04 Å². The normalized spacial score (nSPS) is 11.8. The fourth-order valence-electron chi connectivity index (χ4n) is 0.935. The number of hydrogen-bond donors (Lipinski definition) is 2. The van der Waals surface area contributed by atoms with Gasteiger partial charge in [0.2, 0.25) is 0 Å². The summed E-state index contributed by atoms with van der Waals surface area (Å²) in [6, 6.07) is 5.34. The maximum Gasteiger partial charge on any atom is 0.324 e. The summed E-state index contributed by atoms with van der Waals surface area (Å²) in [5.74, 6) is -0.696. The average molecular weight is 209 g/mol. The smallest absolute Gasteiger partial charge is 0.324 e. The van der Waals surface area contributed by atoms with Crippen LogP contribution in [0.5, 0.6) is 5.75 Å². The number of aldehydes is 1. The molecule has 1 unspecified atom stereocenters. The predicted octanol–water partition coefficient (Wildman–Crippen LogP) is 0.290. The third kappa shape index (κ3) is 3.40. The van der Waals surface area contributed by atoms with Crippen LogP contribution in [0.2, 0.25) is 0 Å². The molecule has 0 saturated carbocycles. The highest BCUT2D eigenvalue weighted by atomic mass is 16.5. The first-order chi connectivity index (χ1) is 7.13. The number of benzene rings is 1. The number of carbonyl (C=O) groups is 2. The average Bonchev–Trinajstić information content (AvgIpc) is 2.26. The second-order valence-electron chi connectivity index (χ2n) is 2.95. The van der Waals surface area contributed by atoms with Gasteiger partial charge in [-0.05, 0) is 12.1 Å². The Balaban J connectivity index is 2.57. The fraction of sp³-hybridized carbons (Fsp3) is 0.200. The molecule has 0 amide bonds. The molecule has 0 spiro atoms. The molecule has 0 bridgehead atoms. The zero-order valence-corrected chi connectivity index (χ0v) is 7.92. The summed E-state index contributed by atoms with van der Waals surface area (Å²) in [7, 11) is 0. The highest BCUT2D eigenvalue weighted by molar-refractivity contribution is 5.75. The summed E-state index contributed by atoms with van der Waals surface area (Å²) in [5, 5.41) is 8.50. The van der Waals surface area contributed by atoms with Crippen LogP contribution in [0.25, 0.3) is 0 Å². The van der Waals surface area contributed by atoms with Crippen LogP contribution in [-0.2, 0) is 4.79 Å². The van der Waals surface area contributed by atoms with E-state index in [9.17, 15) is 9.59 Å². The molecule has 5 nitrogen and oxygen atoms in total. The summed E-state index contributed by atoms with van der Waals surface area (Å²) in [6.07, 6.45) is 0.685. The van der Waals surface area contributed by atoms with E-state index in [0.717, 1.165) is 0 Å². The lowest BCUT2D eigenvalue weighted by atomic mass is 10.2. The van der Waals surface area contributed by atoms with Gasteiger partial charge in [-0.3, -0.25) is 9.59 Å². The molecule has 1 aromatic carbocycles. The van der Waals surface area contributed by atoms with E-state index in [0.29, 0.717) is 17.6 Å². The molecule has 3 N–H and O–H groups in total. The topological polar surface area (TPSA) is 89.6 Å². The van der Waals surface area contributed by atoms with Gasteiger partial charge in [-0.2, -0.15) is 0 Å². The van der Waals surface area contributed by atoms with Gasteiger partial charge in [0.1, 0.15) is 24.7 Å². The largest absolute Gasteiger partial charge is 0.491 e. The molecule has 0 aliphatic rings. The quantitative estimate of drug-likeness (QED) is 0.680. The Kier molecular flexibility index (Phi) is 3.82. The standard InChI is InChI=1S/C10H11NO4/c11-9(10(13)14)6-15-8-3-1-2-7(4-8)5-12/h1-5,9H,6,11H2,(H,13,14). The van der Waals surface area contributed by atoms with Crippen LogP contribution < -0.4 is 10.5 Å². The fourth-order valence-corrected chi connectivity index (χ4v) is 0.935. The van der Waals surface area contributed by atoms with Crippen molar-refractivity contribution in [3.05, 3.63) is 29.8 Å². The van der Waals surface area contributed by atoms with Gasteiger partial charge in [-0.25, -0.2) is 0 Å². The molecule has 15 heavy (non-hydrogen) atoms. The number of carboxylic acid groups (broad SMARTS) is 1. The Bertz CT molecular complexity index is 364. The molecule has 5 heteroatoms. The summed E-state index contributed by atoms with van der Waals surface area (Å²) < 4.78 is 5.11. The molecular formula is C10H11NO4. The monoisotopic (exact) mass is 209 g/mol. The van der Waals surface area contributed by atoms with Crippen LogP contribution in [0.1, 0.15) is 10.4 Å². The lowest BCUT2D eigenvalue weighted by Crippen LogP contribution is -2.36. The first kappa shape index (κ1) is 11.2. The van der Waals surface area contributed by atoms with Gasteiger partial charge in [0, 0.05) is 5.56 Å². The number of ether oxygens (including phenoxy) is 1. The Morgan fingerprint density at radius 2 is 2.33 bits per heavy atom. The number of rotatable bonds is 5.